The Morgan fingerprint density at radius 3 is 2.92 bits per heavy atom. The summed E-state index contributed by atoms with van der Waals surface area (Å²) in [7, 11) is 0. The summed E-state index contributed by atoms with van der Waals surface area (Å²) >= 11 is 0. The Balaban J connectivity index is 1.54. The summed E-state index contributed by atoms with van der Waals surface area (Å²) in [5.74, 6) is 1.14. The number of carbonyl (C=O) groups excluding carboxylic acids is 2. The van der Waals surface area contributed by atoms with Gasteiger partial charge in [-0.1, -0.05) is 18.2 Å². The zero-order valence-corrected chi connectivity index (χ0v) is 14.1. The standard InChI is InChI=1S/C18H21N5O2/c1-12-17(24)20-15-5-3-2-4-14(15)11-22(12)18(25)21-16-8-9-19-23(16)10-13-6-7-13/h2-5,8-9,12-13H,6-7,10-11H2,1H3,(H,20,24)(H,21,25). The van der Waals surface area contributed by atoms with E-state index >= 15 is 0 Å². The lowest BCUT2D eigenvalue weighted by atomic mass is 10.2. The van der Waals surface area contributed by atoms with Crippen molar-refractivity contribution < 1.29 is 9.59 Å². The predicted molar refractivity (Wildman–Crippen MR) is 94.0 cm³/mol. The van der Waals surface area contributed by atoms with E-state index in [9.17, 15) is 9.59 Å². The minimum atomic E-state index is -0.563. The van der Waals surface area contributed by atoms with Gasteiger partial charge in [0.15, 0.2) is 0 Å². The monoisotopic (exact) mass is 339 g/mol. The van der Waals surface area contributed by atoms with Gasteiger partial charge in [-0.25, -0.2) is 9.48 Å². The first-order valence-corrected chi connectivity index (χ1v) is 8.60. The van der Waals surface area contributed by atoms with Crippen molar-refractivity contribution in [2.75, 3.05) is 10.6 Å². The Hall–Kier alpha value is -2.83. The number of rotatable bonds is 3. The number of nitrogens with one attached hydrogen (secondary N) is 2. The van der Waals surface area contributed by atoms with Gasteiger partial charge in [0.05, 0.1) is 12.7 Å². The molecule has 4 rings (SSSR count). The van der Waals surface area contributed by atoms with Gasteiger partial charge in [-0.2, -0.15) is 5.10 Å². The molecule has 7 heteroatoms. The van der Waals surface area contributed by atoms with Crippen molar-refractivity contribution in [3.8, 4) is 0 Å². The first kappa shape index (κ1) is 15.7. The average molecular weight is 339 g/mol. The van der Waals surface area contributed by atoms with E-state index in [1.807, 2.05) is 28.9 Å². The molecule has 130 valence electrons. The molecule has 1 fully saturated rings. The number of para-hydroxylation sites is 1. The van der Waals surface area contributed by atoms with Gasteiger partial charge in [0.1, 0.15) is 11.9 Å². The Kier molecular flexibility index (Phi) is 3.91. The number of nitrogens with zero attached hydrogens (tertiary/aromatic N) is 3. The van der Waals surface area contributed by atoms with Crippen LogP contribution >= 0.6 is 0 Å². The SMILES string of the molecule is CC1C(=O)Nc2ccccc2CN1C(=O)Nc1ccnn1CC1CC1. The molecule has 2 aromatic rings. The smallest absolute Gasteiger partial charge is 0.323 e. The summed E-state index contributed by atoms with van der Waals surface area (Å²) < 4.78 is 1.83. The summed E-state index contributed by atoms with van der Waals surface area (Å²) in [5.41, 5.74) is 1.68. The number of benzene rings is 1. The summed E-state index contributed by atoms with van der Waals surface area (Å²) in [6, 6.07) is 8.48. The molecular formula is C18H21N5O2. The lowest BCUT2D eigenvalue weighted by molar-refractivity contribution is -0.119. The van der Waals surface area contributed by atoms with Crippen molar-refractivity contribution in [1.82, 2.24) is 14.7 Å². The van der Waals surface area contributed by atoms with Gasteiger partial charge in [0, 0.05) is 18.3 Å². The summed E-state index contributed by atoms with van der Waals surface area (Å²) in [4.78, 5) is 26.7. The van der Waals surface area contributed by atoms with E-state index in [0.717, 1.165) is 17.8 Å². The van der Waals surface area contributed by atoms with Gasteiger partial charge in [0.25, 0.3) is 0 Å². The maximum Gasteiger partial charge on any atom is 0.323 e. The highest BCUT2D eigenvalue weighted by Crippen LogP contribution is 2.31. The van der Waals surface area contributed by atoms with E-state index in [2.05, 4.69) is 15.7 Å². The fourth-order valence-corrected chi connectivity index (χ4v) is 3.04. The molecule has 0 spiro atoms. The normalized spacial score (nSPS) is 19.8. The first-order chi connectivity index (χ1) is 12.1. The average Bonchev–Trinajstić information content (AvgIpc) is 3.34. The van der Waals surface area contributed by atoms with Crippen molar-refractivity contribution in [1.29, 1.82) is 0 Å². The van der Waals surface area contributed by atoms with Crippen LogP contribution in [-0.2, 0) is 17.9 Å². The topological polar surface area (TPSA) is 79.3 Å². The molecule has 0 radical (unpaired) electrons. The van der Waals surface area contributed by atoms with Crippen LogP contribution in [0.2, 0.25) is 0 Å². The third kappa shape index (κ3) is 3.22. The van der Waals surface area contributed by atoms with E-state index in [0.29, 0.717) is 18.3 Å². The van der Waals surface area contributed by atoms with E-state index in [-0.39, 0.29) is 11.9 Å². The molecule has 3 amide bonds. The van der Waals surface area contributed by atoms with Crippen molar-refractivity contribution in [3.05, 3.63) is 42.1 Å². The molecule has 1 aromatic heterocycles. The van der Waals surface area contributed by atoms with Gasteiger partial charge in [-0.3, -0.25) is 10.1 Å². The fraction of sp³-hybridized carbons (Fsp3) is 0.389. The molecule has 2 heterocycles. The molecule has 1 unspecified atom stereocenters. The highest BCUT2D eigenvalue weighted by atomic mass is 16.2. The fourth-order valence-electron chi connectivity index (χ4n) is 3.04. The lowest BCUT2D eigenvalue weighted by Gasteiger charge is -2.26. The van der Waals surface area contributed by atoms with Crippen LogP contribution in [0.1, 0.15) is 25.3 Å². The van der Waals surface area contributed by atoms with Crippen molar-refractivity contribution in [3.63, 3.8) is 0 Å². The number of amides is 3. The predicted octanol–water partition coefficient (Wildman–Crippen LogP) is 2.67. The highest BCUT2D eigenvalue weighted by Gasteiger charge is 2.31. The first-order valence-electron chi connectivity index (χ1n) is 8.60. The van der Waals surface area contributed by atoms with Crippen molar-refractivity contribution in [2.24, 2.45) is 5.92 Å². The maximum absolute atomic E-state index is 12.8. The second kappa shape index (κ2) is 6.23. The molecule has 1 aliphatic carbocycles. The van der Waals surface area contributed by atoms with Gasteiger partial charge < -0.3 is 10.2 Å². The molecule has 2 N–H and O–H groups in total. The lowest BCUT2D eigenvalue weighted by Crippen LogP contribution is -2.45. The molecule has 25 heavy (non-hydrogen) atoms. The van der Waals surface area contributed by atoms with Gasteiger partial charge >= 0.3 is 6.03 Å². The van der Waals surface area contributed by atoms with Crippen LogP contribution in [0.4, 0.5) is 16.3 Å². The molecule has 1 aliphatic heterocycles. The zero-order chi connectivity index (χ0) is 17.4. The van der Waals surface area contributed by atoms with E-state index < -0.39 is 6.04 Å². The Morgan fingerprint density at radius 1 is 1.32 bits per heavy atom. The Morgan fingerprint density at radius 2 is 2.12 bits per heavy atom. The van der Waals surface area contributed by atoms with Crippen LogP contribution < -0.4 is 10.6 Å². The number of carbonyl (C=O) groups is 2. The number of hydrogen-bond acceptors (Lipinski definition) is 3. The second-order valence-corrected chi connectivity index (χ2v) is 6.72. The molecule has 7 nitrogen and oxygen atoms in total. The summed E-state index contributed by atoms with van der Waals surface area (Å²) in [6.07, 6.45) is 4.12. The largest absolute Gasteiger partial charge is 0.324 e. The molecule has 1 aromatic carbocycles. The van der Waals surface area contributed by atoms with Gasteiger partial charge in [-0.05, 0) is 37.3 Å². The van der Waals surface area contributed by atoms with Crippen molar-refractivity contribution in [2.45, 2.75) is 38.9 Å². The molecule has 0 saturated heterocycles. The summed E-state index contributed by atoms with van der Waals surface area (Å²) in [5, 5.41) is 10.1. The molecule has 1 saturated carbocycles. The second-order valence-electron chi connectivity index (χ2n) is 6.72. The van der Waals surface area contributed by atoms with Crippen LogP contribution in [0.5, 0.6) is 0 Å². The van der Waals surface area contributed by atoms with Crippen LogP contribution in [0, 0.1) is 5.92 Å². The van der Waals surface area contributed by atoms with E-state index in [1.54, 1.807) is 24.1 Å². The van der Waals surface area contributed by atoms with Gasteiger partial charge in [-0.15, -0.1) is 0 Å². The number of hydrogen-bond donors (Lipinski definition) is 2. The number of fused-ring (bicyclic) bond motifs is 1. The Labute approximate surface area is 146 Å². The Bertz CT molecular complexity index is 811. The van der Waals surface area contributed by atoms with E-state index in [4.69, 9.17) is 0 Å². The van der Waals surface area contributed by atoms with Crippen LogP contribution in [-0.4, -0.2) is 32.7 Å². The van der Waals surface area contributed by atoms with E-state index in [1.165, 1.54) is 12.8 Å². The molecule has 0 bridgehead atoms. The quantitative estimate of drug-likeness (QED) is 0.902. The van der Waals surface area contributed by atoms with Crippen LogP contribution in [0.25, 0.3) is 0 Å². The maximum atomic E-state index is 12.8. The van der Waals surface area contributed by atoms with Crippen LogP contribution in [0.3, 0.4) is 0 Å². The zero-order valence-electron chi connectivity index (χ0n) is 14.1. The minimum absolute atomic E-state index is 0.188. The minimum Gasteiger partial charge on any atom is -0.324 e. The molecular weight excluding hydrogens is 318 g/mol. The molecule has 1 atom stereocenters. The number of anilines is 2. The number of urea groups is 1. The third-order valence-corrected chi connectivity index (χ3v) is 4.80. The third-order valence-electron chi connectivity index (χ3n) is 4.80. The number of aromatic nitrogens is 2. The highest BCUT2D eigenvalue weighted by molar-refractivity contribution is 6.00. The molecule has 2 aliphatic rings. The van der Waals surface area contributed by atoms with Gasteiger partial charge in [0.2, 0.25) is 5.91 Å². The van der Waals surface area contributed by atoms with Crippen molar-refractivity contribution >= 4 is 23.4 Å². The summed E-state index contributed by atoms with van der Waals surface area (Å²) in [6.45, 7) is 2.93. The van der Waals surface area contributed by atoms with Crippen LogP contribution in [0.15, 0.2) is 36.5 Å².